The number of rotatable bonds is 12. The molecule has 0 unspecified atom stereocenters. The maximum Gasteiger partial charge on any atom is -0.0133 e. The van der Waals surface area contributed by atoms with Crippen LogP contribution >= 0.6 is 23.8 Å². The Bertz CT molecular complexity index is 2400. The molecule has 0 amide bonds. The standard InChI is InChI=1S/C57H48P3Si/c1-43-52(58(46-25-10-4-11-26-46)47-27-12-5-13-28-47)37-22-40-55(43)61(56-41-23-38-53(44(56)2)59(48-29-14-6-15-30-48)49-31-16-7-17-32-49)57-42-24-39-54(45(57)3)60(50-33-18-8-19-34-50)51-35-20-9-21-36-51/h4-42H,1-3H3/q-1. The molecule has 0 saturated heterocycles. The fraction of sp³-hybridized carbons (Fsp3) is 0.0526. The van der Waals surface area contributed by atoms with Crippen molar-refractivity contribution in [3.05, 3.63) is 253 Å². The average molecular weight is 854 g/mol. The van der Waals surface area contributed by atoms with Crippen LogP contribution in [0.15, 0.2) is 237 Å². The maximum atomic E-state index is 2.46. The highest BCUT2D eigenvalue weighted by Crippen LogP contribution is 2.36. The van der Waals surface area contributed by atoms with Gasteiger partial charge in [-0.1, -0.05) is 253 Å². The van der Waals surface area contributed by atoms with Crippen LogP contribution in [0.1, 0.15) is 16.7 Å². The second kappa shape index (κ2) is 19.0. The maximum absolute atomic E-state index is 2.46. The van der Waals surface area contributed by atoms with Crippen LogP contribution in [0, 0.1) is 20.8 Å². The van der Waals surface area contributed by atoms with E-state index in [1.807, 2.05) is 0 Å². The molecule has 9 aromatic carbocycles. The van der Waals surface area contributed by atoms with Gasteiger partial charge in [-0.2, -0.15) is 15.6 Å². The van der Waals surface area contributed by atoms with Crippen molar-refractivity contribution in [1.82, 2.24) is 0 Å². The molecule has 0 spiro atoms. The highest BCUT2D eigenvalue weighted by Gasteiger charge is 2.24. The molecule has 0 fully saturated rings. The zero-order valence-electron chi connectivity index (χ0n) is 34.9. The van der Waals surface area contributed by atoms with Gasteiger partial charge in [-0.05, 0) is 92.3 Å². The molecule has 0 saturated carbocycles. The Morgan fingerprint density at radius 3 is 0.623 bits per heavy atom. The largest absolute Gasteiger partial charge is 0.218 e. The van der Waals surface area contributed by atoms with Crippen LogP contribution in [-0.4, -0.2) is 8.80 Å². The van der Waals surface area contributed by atoms with Gasteiger partial charge in [0.15, 0.2) is 0 Å². The first-order chi connectivity index (χ1) is 30.1. The molecule has 0 atom stereocenters. The molecule has 9 aromatic rings. The smallest absolute Gasteiger partial charge is 0.0133 e. The Morgan fingerprint density at radius 1 is 0.230 bits per heavy atom. The average Bonchev–Trinajstić information content (AvgIpc) is 3.32. The summed E-state index contributed by atoms with van der Waals surface area (Å²) in [5, 5.41) is 17.0. The molecule has 0 aliphatic heterocycles. The lowest BCUT2D eigenvalue weighted by Crippen LogP contribution is -2.57. The van der Waals surface area contributed by atoms with Crippen molar-refractivity contribution in [3.63, 3.8) is 0 Å². The van der Waals surface area contributed by atoms with Gasteiger partial charge < -0.3 is 0 Å². The van der Waals surface area contributed by atoms with E-state index in [0.717, 1.165) is 0 Å². The molecular weight excluding hydrogens is 806 g/mol. The van der Waals surface area contributed by atoms with Crippen LogP contribution < -0.4 is 63.3 Å². The van der Waals surface area contributed by atoms with E-state index < -0.39 is 32.6 Å². The van der Waals surface area contributed by atoms with E-state index in [1.54, 1.807) is 0 Å². The fourth-order valence-corrected chi connectivity index (χ4v) is 19.6. The van der Waals surface area contributed by atoms with E-state index in [4.69, 9.17) is 0 Å². The third kappa shape index (κ3) is 8.55. The van der Waals surface area contributed by atoms with E-state index in [1.165, 1.54) is 80.0 Å². The predicted octanol–water partition coefficient (Wildman–Crippen LogP) is 8.40. The highest BCUT2D eigenvalue weighted by atomic mass is 31.1. The van der Waals surface area contributed by atoms with Gasteiger partial charge in [0.25, 0.3) is 0 Å². The molecule has 0 nitrogen and oxygen atoms in total. The van der Waals surface area contributed by atoms with Crippen LogP contribution in [0.3, 0.4) is 0 Å². The Kier molecular flexibility index (Phi) is 12.8. The molecule has 296 valence electrons. The number of hydrogen-bond donors (Lipinski definition) is 0. The van der Waals surface area contributed by atoms with Gasteiger partial charge in [-0.15, -0.1) is 0 Å². The zero-order valence-corrected chi connectivity index (χ0v) is 38.5. The summed E-state index contributed by atoms with van der Waals surface area (Å²) in [5.74, 6) is 0. The molecule has 0 bridgehead atoms. The third-order valence-corrected chi connectivity index (χ3v) is 22.6. The monoisotopic (exact) mass is 853 g/mol. The van der Waals surface area contributed by atoms with Crippen molar-refractivity contribution in [3.8, 4) is 0 Å². The first kappa shape index (κ1) is 40.9. The van der Waals surface area contributed by atoms with E-state index in [0.29, 0.717) is 0 Å². The van der Waals surface area contributed by atoms with Crippen LogP contribution in [0.5, 0.6) is 0 Å². The minimum Gasteiger partial charge on any atom is -0.218 e. The predicted molar refractivity (Wildman–Crippen MR) is 274 cm³/mol. The van der Waals surface area contributed by atoms with Crippen LogP contribution in [0.4, 0.5) is 0 Å². The van der Waals surface area contributed by atoms with Gasteiger partial charge in [-0.3, -0.25) is 0 Å². The van der Waals surface area contributed by atoms with Crippen molar-refractivity contribution in [2.75, 3.05) is 0 Å². The van der Waals surface area contributed by atoms with Crippen molar-refractivity contribution < 1.29 is 0 Å². The van der Waals surface area contributed by atoms with E-state index >= 15 is 0 Å². The zero-order chi connectivity index (χ0) is 41.5. The van der Waals surface area contributed by atoms with Gasteiger partial charge in [-0.25, -0.2) is 8.80 Å². The molecule has 0 aromatic heterocycles. The molecule has 4 heteroatoms. The molecule has 0 aliphatic rings. The van der Waals surface area contributed by atoms with Crippen molar-refractivity contribution in [2.45, 2.75) is 20.8 Å². The Labute approximate surface area is 367 Å². The molecule has 61 heavy (non-hydrogen) atoms. The summed E-state index contributed by atoms with van der Waals surface area (Å²) in [6.45, 7) is 7.24. The summed E-state index contributed by atoms with van der Waals surface area (Å²) in [6.07, 6.45) is 0. The van der Waals surface area contributed by atoms with Gasteiger partial charge in [0.05, 0.1) is 0 Å². The fourth-order valence-electron chi connectivity index (χ4n) is 8.59. The van der Waals surface area contributed by atoms with E-state index in [2.05, 4.69) is 257 Å². The first-order valence-corrected chi connectivity index (χ1v) is 26.5. The van der Waals surface area contributed by atoms with Gasteiger partial charge >= 0.3 is 0 Å². The first-order valence-electron chi connectivity index (χ1n) is 21.0. The Morgan fingerprint density at radius 2 is 0.426 bits per heavy atom. The number of hydrogen-bond acceptors (Lipinski definition) is 0. The lowest BCUT2D eigenvalue weighted by Gasteiger charge is -2.41. The van der Waals surface area contributed by atoms with Crippen LogP contribution in [-0.2, 0) is 0 Å². The lowest BCUT2D eigenvalue weighted by atomic mass is 10.2. The normalized spacial score (nSPS) is 11.3. The van der Waals surface area contributed by atoms with E-state index in [9.17, 15) is 0 Å². The molecule has 9 rings (SSSR count). The summed E-state index contributed by atoms with van der Waals surface area (Å²) < 4.78 is 0. The van der Waals surface area contributed by atoms with Crippen molar-refractivity contribution >= 4 is 95.9 Å². The lowest BCUT2D eigenvalue weighted by molar-refractivity contribution is 1.52. The number of benzene rings is 9. The molecule has 0 N–H and O–H groups in total. The molecule has 0 heterocycles. The summed E-state index contributed by atoms with van der Waals surface area (Å²) in [6, 6.07) is 88.7. The minimum atomic E-state index is -1.59. The minimum absolute atomic E-state index is 0.792. The second-order valence-electron chi connectivity index (χ2n) is 15.2. The molecule has 0 aliphatic carbocycles. The van der Waals surface area contributed by atoms with Crippen molar-refractivity contribution in [2.24, 2.45) is 0 Å². The summed E-state index contributed by atoms with van der Waals surface area (Å²) in [4.78, 5) is 0. The van der Waals surface area contributed by atoms with Crippen LogP contribution in [0.25, 0.3) is 0 Å². The second-order valence-corrected chi connectivity index (χ2v) is 24.2. The summed E-state index contributed by atoms with van der Waals surface area (Å²) in [7, 11) is -3.97. The quantitative estimate of drug-likeness (QED) is 0.0659. The van der Waals surface area contributed by atoms with Gasteiger partial charge in [0.2, 0.25) is 0 Å². The SMILES string of the molecule is Cc1c([Si-](c2cccc(P(c3ccccc3)c3ccccc3)c2C)c2cccc(P(c3ccccc3)c3ccccc3)c2C)cccc1P(c1ccccc1)c1ccccc1. The van der Waals surface area contributed by atoms with E-state index in [-0.39, 0.29) is 0 Å². The summed E-state index contributed by atoms with van der Waals surface area (Å²) >= 11 is 0. The molecule has 0 radical (unpaired) electrons. The molecular formula is C57H48P3Si-. The highest BCUT2D eigenvalue weighted by molar-refractivity contribution is 7.80. The topological polar surface area (TPSA) is 0 Å². The Balaban J connectivity index is 1.30. The third-order valence-electron chi connectivity index (χ3n) is 11.5. The van der Waals surface area contributed by atoms with Gasteiger partial charge in [0.1, 0.15) is 0 Å². The van der Waals surface area contributed by atoms with Crippen molar-refractivity contribution in [1.29, 1.82) is 0 Å². The van der Waals surface area contributed by atoms with Crippen LogP contribution in [0.2, 0.25) is 0 Å². The Hall–Kier alpha value is -5.51. The van der Waals surface area contributed by atoms with Gasteiger partial charge in [0, 0.05) is 0 Å². The summed E-state index contributed by atoms with van der Waals surface area (Å²) in [5.41, 5.74) is 4.23.